The molecular weight excluding hydrogens is 1000 g/mol. The summed E-state index contributed by atoms with van der Waals surface area (Å²) in [7, 11) is 3.73. The van der Waals surface area contributed by atoms with Gasteiger partial charge in [-0.1, -0.05) is 90.7 Å². The predicted octanol–water partition coefficient (Wildman–Crippen LogP) is 5.28. The van der Waals surface area contributed by atoms with Crippen molar-refractivity contribution in [2.45, 2.75) is 42.6 Å². The number of cyclic esters (lactones) is 1. The molecule has 1 spiro atoms. The normalized spacial score (nSPS) is 22.3. The number of methoxy groups -OCH3 is 3. The van der Waals surface area contributed by atoms with Crippen molar-refractivity contribution in [1.82, 2.24) is 14.7 Å². The second kappa shape index (κ2) is 23.1. The molecule has 0 unspecified atom stereocenters. The summed E-state index contributed by atoms with van der Waals surface area (Å²) in [4.78, 5) is 95.8. The zero-order valence-electron chi connectivity index (χ0n) is 43.2. The Morgan fingerprint density at radius 1 is 0.744 bits per heavy atom. The predicted molar refractivity (Wildman–Crippen MR) is 278 cm³/mol. The monoisotopic (exact) mass is 1060 g/mol. The number of fused-ring (bicyclic) bond motifs is 4. The molecule has 0 aliphatic carbocycles. The molecule has 19 heteroatoms. The van der Waals surface area contributed by atoms with Gasteiger partial charge < -0.3 is 47.9 Å². The van der Waals surface area contributed by atoms with Gasteiger partial charge in [-0.3, -0.25) is 33.8 Å². The van der Waals surface area contributed by atoms with Gasteiger partial charge in [0, 0.05) is 51.8 Å². The van der Waals surface area contributed by atoms with Gasteiger partial charge in [0.15, 0.2) is 17.4 Å². The molecule has 5 heterocycles. The number of imide groups is 1. The van der Waals surface area contributed by atoms with Gasteiger partial charge in [-0.15, -0.1) is 0 Å². The third-order valence-corrected chi connectivity index (χ3v) is 15.0. The molecule has 0 aromatic heterocycles. The van der Waals surface area contributed by atoms with E-state index in [9.17, 15) is 19.5 Å². The van der Waals surface area contributed by atoms with Crippen LogP contribution < -0.4 is 19.1 Å². The van der Waals surface area contributed by atoms with Crippen molar-refractivity contribution < 1.29 is 71.8 Å². The van der Waals surface area contributed by atoms with Gasteiger partial charge in [-0.25, -0.2) is 9.69 Å². The van der Waals surface area contributed by atoms with Crippen molar-refractivity contribution in [3.63, 3.8) is 0 Å². The number of carbonyl (C=O) groups is 6. The molecule has 404 valence electrons. The molecule has 10 rings (SSSR count). The summed E-state index contributed by atoms with van der Waals surface area (Å²) >= 11 is 0. The fourth-order valence-corrected chi connectivity index (χ4v) is 11.6. The highest BCUT2D eigenvalue weighted by atomic mass is 16.7. The van der Waals surface area contributed by atoms with E-state index in [4.69, 9.17) is 37.9 Å². The summed E-state index contributed by atoms with van der Waals surface area (Å²) in [5, 5.41) is 9.90. The van der Waals surface area contributed by atoms with E-state index in [0.717, 1.165) is 24.7 Å². The molecule has 3 fully saturated rings. The molecule has 0 bridgehead atoms. The standard InChI is InChI=1S/C59H58N4O15/c1-71-30-31-75-58(70)62-45-22-20-37(12-10-19-43(54(66)72-2)55(67)73-3)32-44(45)59(57(62)69)48(53(65)61-26-24-60(25-27-61)35-38-21-23-46-47(33-38)77-36-76-46)50-56(68)78-51(40-15-8-5-9-16-40)49(39-13-6-4-7-14-39)63(50)52(59)41-17-11-18-42(34-41)74-29-28-64/h4-9,11,13-18,20-23,32-34,43,48-52,64H,19,24-31,35-36H2,1-3H3/t48-,49-,50-,51+,52+,59-/m0/s1. The lowest BCUT2D eigenvalue weighted by Gasteiger charge is -2.46. The number of ether oxygens (including phenoxy) is 8. The van der Waals surface area contributed by atoms with Crippen LogP contribution >= 0.6 is 0 Å². The van der Waals surface area contributed by atoms with Crippen LogP contribution in [-0.2, 0) is 59.6 Å². The number of hydrogen-bond donors (Lipinski definition) is 1. The maximum atomic E-state index is 16.7. The van der Waals surface area contributed by atoms with E-state index in [1.54, 1.807) is 41.3 Å². The number of morpholine rings is 1. The SMILES string of the molecule is COCCOC(=O)N1C(=O)[C@@]2(c3cc(C#CCC(C(=O)OC)C(=O)OC)ccc31)[C@H](C(=O)N1CCN(Cc3ccc4c(c3)OCO4)CC1)[C@H]1C(=O)O[C@H](c3ccccc3)[C@H](c3ccccc3)N1[C@@H]2c1cccc(OCCO)c1. The van der Waals surface area contributed by atoms with Crippen LogP contribution in [0.4, 0.5) is 10.5 Å². The molecule has 5 aromatic rings. The lowest BCUT2D eigenvalue weighted by molar-refractivity contribution is -0.179. The molecule has 1 N–H and O–H groups in total. The molecule has 0 radical (unpaired) electrons. The number of nitrogens with zero attached hydrogens (tertiary/aromatic N) is 4. The van der Waals surface area contributed by atoms with Gasteiger partial charge in [0.1, 0.15) is 36.5 Å². The van der Waals surface area contributed by atoms with Gasteiger partial charge in [-0.05, 0) is 70.3 Å². The number of amides is 3. The fraction of sp³-hybridized carbons (Fsp3) is 0.356. The highest BCUT2D eigenvalue weighted by Gasteiger charge is 2.76. The Balaban J connectivity index is 1.19. The Kier molecular flexibility index (Phi) is 15.8. The number of rotatable bonds is 15. The molecule has 0 saturated carbocycles. The minimum atomic E-state index is -2.16. The largest absolute Gasteiger partial charge is 0.491 e. The van der Waals surface area contributed by atoms with Crippen molar-refractivity contribution in [1.29, 1.82) is 0 Å². The molecule has 6 atom stereocenters. The van der Waals surface area contributed by atoms with E-state index in [2.05, 4.69) is 16.7 Å². The average Bonchev–Trinajstić information content (AvgIpc) is 3.50. The molecule has 5 aliphatic heterocycles. The molecule has 3 amide bonds. The Labute approximate surface area is 450 Å². The van der Waals surface area contributed by atoms with Crippen LogP contribution in [0.1, 0.15) is 58.0 Å². The maximum Gasteiger partial charge on any atom is 0.421 e. The van der Waals surface area contributed by atoms with E-state index < -0.39 is 77.3 Å². The summed E-state index contributed by atoms with van der Waals surface area (Å²) < 4.78 is 44.6. The summed E-state index contributed by atoms with van der Waals surface area (Å²) in [5.41, 5.74) is 1.14. The highest BCUT2D eigenvalue weighted by Crippen LogP contribution is 2.66. The maximum absolute atomic E-state index is 16.7. The Hall–Kier alpha value is -8.28. The Morgan fingerprint density at radius 2 is 1.45 bits per heavy atom. The number of esters is 3. The number of carbonyl (C=O) groups excluding carboxylic acids is 6. The third-order valence-electron chi connectivity index (χ3n) is 15.0. The van der Waals surface area contributed by atoms with Crippen LogP contribution in [0.2, 0.25) is 0 Å². The first-order valence-electron chi connectivity index (χ1n) is 25.6. The number of aliphatic hydroxyl groups is 1. The lowest BCUT2D eigenvalue weighted by Crippen LogP contribution is -2.59. The molecule has 19 nitrogen and oxygen atoms in total. The van der Waals surface area contributed by atoms with Crippen LogP contribution in [0.5, 0.6) is 17.2 Å². The molecule has 78 heavy (non-hydrogen) atoms. The van der Waals surface area contributed by atoms with Crippen LogP contribution in [0, 0.1) is 23.7 Å². The number of piperazine rings is 1. The van der Waals surface area contributed by atoms with Gasteiger partial charge in [0.25, 0.3) is 0 Å². The van der Waals surface area contributed by atoms with Crippen molar-refractivity contribution >= 4 is 41.5 Å². The topological polar surface area (TPSA) is 209 Å². The van der Waals surface area contributed by atoms with Crippen LogP contribution in [0.3, 0.4) is 0 Å². The zero-order chi connectivity index (χ0) is 54.5. The fourth-order valence-electron chi connectivity index (χ4n) is 11.6. The molecular formula is C59H58N4O15. The van der Waals surface area contributed by atoms with Gasteiger partial charge in [-0.2, -0.15) is 0 Å². The number of aliphatic hydroxyl groups excluding tert-OH is 1. The van der Waals surface area contributed by atoms with Gasteiger partial charge >= 0.3 is 24.0 Å². The number of hydrogen-bond acceptors (Lipinski definition) is 17. The number of benzene rings is 5. The van der Waals surface area contributed by atoms with Crippen LogP contribution in [0.15, 0.2) is 121 Å². The van der Waals surface area contributed by atoms with E-state index >= 15 is 14.4 Å². The lowest BCUT2D eigenvalue weighted by atomic mass is 9.64. The zero-order valence-corrected chi connectivity index (χ0v) is 43.2. The summed E-state index contributed by atoms with van der Waals surface area (Å²) in [5.74, 6) is 0.779. The van der Waals surface area contributed by atoms with E-state index in [1.165, 1.54) is 13.2 Å². The first kappa shape index (κ1) is 53.1. The first-order valence-corrected chi connectivity index (χ1v) is 25.6. The minimum Gasteiger partial charge on any atom is -0.491 e. The van der Waals surface area contributed by atoms with E-state index in [1.807, 2.05) is 83.8 Å². The van der Waals surface area contributed by atoms with Gasteiger partial charge in [0.2, 0.25) is 18.6 Å². The Morgan fingerprint density at radius 3 is 2.15 bits per heavy atom. The highest BCUT2D eigenvalue weighted by molar-refractivity contribution is 6.23. The third kappa shape index (κ3) is 9.88. The van der Waals surface area contributed by atoms with Crippen molar-refractivity contribution in [2.24, 2.45) is 11.8 Å². The molecule has 3 saturated heterocycles. The summed E-state index contributed by atoms with van der Waals surface area (Å²) in [6, 6.07) is 32.5. The minimum absolute atomic E-state index is 0.00474. The summed E-state index contributed by atoms with van der Waals surface area (Å²) in [6.07, 6.45) is -2.34. The molecule has 5 aromatic carbocycles. The quantitative estimate of drug-likeness (QED) is 0.0465. The second-order valence-electron chi connectivity index (χ2n) is 19.3. The summed E-state index contributed by atoms with van der Waals surface area (Å²) in [6.45, 7) is 1.35. The van der Waals surface area contributed by atoms with Crippen molar-refractivity contribution in [2.75, 3.05) is 85.6 Å². The van der Waals surface area contributed by atoms with E-state index in [0.29, 0.717) is 53.6 Å². The van der Waals surface area contributed by atoms with Crippen molar-refractivity contribution in [3.05, 3.63) is 155 Å². The van der Waals surface area contributed by atoms with Crippen LogP contribution in [0.25, 0.3) is 0 Å². The smallest absolute Gasteiger partial charge is 0.421 e. The second-order valence-corrected chi connectivity index (χ2v) is 19.3. The first-order chi connectivity index (χ1) is 38.0. The molecule has 5 aliphatic rings. The average molecular weight is 1060 g/mol. The van der Waals surface area contributed by atoms with Crippen LogP contribution in [-0.4, -0.2) is 142 Å². The van der Waals surface area contributed by atoms with Gasteiger partial charge in [0.05, 0.1) is 51.1 Å². The number of anilines is 1. The van der Waals surface area contributed by atoms with E-state index in [-0.39, 0.29) is 69.5 Å². The Bertz CT molecular complexity index is 3120. The van der Waals surface area contributed by atoms with Crippen molar-refractivity contribution in [3.8, 4) is 29.1 Å².